The van der Waals surface area contributed by atoms with E-state index in [-0.39, 0.29) is 5.60 Å². The summed E-state index contributed by atoms with van der Waals surface area (Å²) in [6.45, 7) is 4.65. The van der Waals surface area contributed by atoms with Crippen LogP contribution in [0.5, 0.6) is 0 Å². The van der Waals surface area contributed by atoms with Gasteiger partial charge in [-0.05, 0) is 32.0 Å². The van der Waals surface area contributed by atoms with Gasteiger partial charge in [-0.2, -0.15) is 0 Å². The van der Waals surface area contributed by atoms with Crippen LogP contribution in [0.3, 0.4) is 0 Å². The molecular weight excluding hydrogens is 226 g/mol. The summed E-state index contributed by atoms with van der Waals surface area (Å²) in [5.74, 6) is 0. The molecule has 0 fully saturated rings. The fourth-order valence-electron chi connectivity index (χ4n) is 1.48. The van der Waals surface area contributed by atoms with E-state index in [0.717, 1.165) is 11.0 Å². The number of hydrogen-bond acceptors (Lipinski definition) is 3. The van der Waals surface area contributed by atoms with Gasteiger partial charge in [-0.1, -0.05) is 16.8 Å². The smallest absolute Gasteiger partial charge is 0.113 e. The summed E-state index contributed by atoms with van der Waals surface area (Å²) < 4.78 is 7.18. The highest BCUT2D eigenvalue weighted by Crippen LogP contribution is 2.19. The summed E-state index contributed by atoms with van der Waals surface area (Å²) >= 11 is 5.95. The minimum Gasteiger partial charge on any atom is -0.377 e. The Balaban J connectivity index is 2.41. The van der Waals surface area contributed by atoms with Crippen molar-refractivity contribution in [3.8, 4) is 0 Å². The number of aromatic nitrogens is 3. The molecule has 1 aromatic carbocycles. The monoisotopic (exact) mass is 239 g/mol. The molecule has 86 valence electrons. The Labute approximate surface area is 99.1 Å². The van der Waals surface area contributed by atoms with E-state index < -0.39 is 0 Å². The fraction of sp³-hybridized carbons (Fsp3) is 0.455. The van der Waals surface area contributed by atoms with Crippen molar-refractivity contribution < 1.29 is 4.74 Å². The van der Waals surface area contributed by atoms with Gasteiger partial charge in [0.05, 0.1) is 17.7 Å². The summed E-state index contributed by atoms with van der Waals surface area (Å²) in [5.41, 5.74) is 1.50. The minimum absolute atomic E-state index is 0.275. The average Bonchev–Trinajstić information content (AvgIpc) is 2.61. The molecule has 4 nitrogen and oxygen atoms in total. The summed E-state index contributed by atoms with van der Waals surface area (Å²) in [6.07, 6.45) is 0. The van der Waals surface area contributed by atoms with E-state index in [1.54, 1.807) is 7.11 Å². The molecule has 0 radical (unpaired) electrons. The van der Waals surface area contributed by atoms with Crippen LogP contribution in [-0.2, 0) is 11.3 Å². The first-order valence-corrected chi connectivity index (χ1v) is 5.43. The van der Waals surface area contributed by atoms with Gasteiger partial charge in [-0.15, -0.1) is 5.10 Å². The zero-order chi connectivity index (χ0) is 11.8. The molecule has 0 aliphatic carbocycles. The van der Waals surface area contributed by atoms with Crippen molar-refractivity contribution in [2.45, 2.75) is 26.0 Å². The Hall–Kier alpha value is -1.13. The van der Waals surface area contributed by atoms with Crippen LogP contribution in [0, 0.1) is 0 Å². The second-order valence-electron chi connectivity index (χ2n) is 4.34. The highest BCUT2D eigenvalue weighted by atomic mass is 35.5. The molecule has 0 atom stereocenters. The third kappa shape index (κ3) is 2.18. The maximum absolute atomic E-state index is 5.95. The van der Waals surface area contributed by atoms with Gasteiger partial charge in [0.2, 0.25) is 0 Å². The molecule has 0 spiro atoms. The van der Waals surface area contributed by atoms with E-state index in [0.29, 0.717) is 11.6 Å². The summed E-state index contributed by atoms with van der Waals surface area (Å²) in [7, 11) is 1.69. The molecule has 0 N–H and O–H groups in total. The minimum atomic E-state index is -0.275. The van der Waals surface area contributed by atoms with E-state index in [4.69, 9.17) is 16.3 Å². The lowest BCUT2D eigenvalue weighted by Crippen LogP contribution is -2.29. The topological polar surface area (TPSA) is 39.9 Å². The Kier molecular flexibility index (Phi) is 2.86. The standard InChI is InChI=1S/C11H14ClN3O/c1-11(2,16-3)7-15-10-6-8(12)4-5-9(10)13-14-15/h4-6H,7H2,1-3H3. The van der Waals surface area contributed by atoms with Crippen molar-refractivity contribution in [3.63, 3.8) is 0 Å². The van der Waals surface area contributed by atoms with Gasteiger partial charge in [0, 0.05) is 12.1 Å². The molecule has 16 heavy (non-hydrogen) atoms. The first kappa shape index (κ1) is 11.4. The second kappa shape index (κ2) is 4.03. The molecule has 2 rings (SSSR count). The second-order valence-corrected chi connectivity index (χ2v) is 4.78. The van der Waals surface area contributed by atoms with Gasteiger partial charge in [0.1, 0.15) is 5.52 Å². The largest absolute Gasteiger partial charge is 0.377 e. The number of nitrogens with zero attached hydrogens (tertiary/aromatic N) is 3. The van der Waals surface area contributed by atoms with Gasteiger partial charge in [0.15, 0.2) is 0 Å². The van der Waals surface area contributed by atoms with E-state index in [1.165, 1.54) is 0 Å². The predicted octanol–water partition coefficient (Wildman–Crippen LogP) is 2.51. The molecule has 0 saturated carbocycles. The van der Waals surface area contributed by atoms with Crippen molar-refractivity contribution in [2.24, 2.45) is 0 Å². The number of rotatable bonds is 3. The third-order valence-electron chi connectivity index (χ3n) is 2.56. The van der Waals surface area contributed by atoms with Crippen molar-refractivity contribution >= 4 is 22.6 Å². The molecule has 0 aliphatic heterocycles. The molecule has 1 heterocycles. The van der Waals surface area contributed by atoms with E-state index >= 15 is 0 Å². The lowest BCUT2D eigenvalue weighted by Gasteiger charge is -2.22. The van der Waals surface area contributed by atoms with Crippen LogP contribution in [0.2, 0.25) is 5.02 Å². The quantitative estimate of drug-likeness (QED) is 0.826. The van der Waals surface area contributed by atoms with Crippen LogP contribution in [0.4, 0.5) is 0 Å². The Morgan fingerprint density at radius 1 is 1.44 bits per heavy atom. The van der Waals surface area contributed by atoms with Crippen LogP contribution in [-0.4, -0.2) is 27.7 Å². The maximum Gasteiger partial charge on any atom is 0.113 e. The van der Waals surface area contributed by atoms with E-state index in [2.05, 4.69) is 10.3 Å². The van der Waals surface area contributed by atoms with Gasteiger partial charge >= 0.3 is 0 Å². The van der Waals surface area contributed by atoms with Crippen molar-refractivity contribution in [1.29, 1.82) is 0 Å². The first-order chi connectivity index (χ1) is 7.52. The Morgan fingerprint density at radius 2 is 2.19 bits per heavy atom. The third-order valence-corrected chi connectivity index (χ3v) is 2.79. The fourth-order valence-corrected chi connectivity index (χ4v) is 1.65. The van der Waals surface area contributed by atoms with Gasteiger partial charge in [-0.3, -0.25) is 0 Å². The molecule has 5 heteroatoms. The van der Waals surface area contributed by atoms with Gasteiger partial charge < -0.3 is 4.74 Å². The number of ether oxygens (including phenoxy) is 1. The van der Waals surface area contributed by atoms with Crippen LogP contribution in [0.1, 0.15) is 13.8 Å². The van der Waals surface area contributed by atoms with Crippen LogP contribution in [0.15, 0.2) is 18.2 Å². The zero-order valence-electron chi connectivity index (χ0n) is 9.57. The highest BCUT2D eigenvalue weighted by Gasteiger charge is 2.19. The molecular formula is C11H14ClN3O. The van der Waals surface area contributed by atoms with E-state index in [1.807, 2.05) is 36.7 Å². The number of hydrogen-bond donors (Lipinski definition) is 0. The average molecular weight is 240 g/mol. The summed E-state index contributed by atoms with van der Waals surface area (Å²) in [6, 6.07) is 5.54. The lowest BCUT2D eigenvalue weighted by molar-refractivity contribution is 0.00601. The lowest BCUT2D eigenvalue weighted by atomic mass is 10.1. The first-order valence-electron chi connectivity index (χ1n) is 5.06. The molecule has 2 aromatic rings. The SMILES string of the molecule is COC(C)(C)Cn1nnc2ccc(Cl)cc21. The number of benzene rings is 1. The Bertz CT molecular complexity index is 507. The Morgan fingerprint density at radius 3 is 2.88 bits per heavy atom. The van der Waals surface area contributed by atoms with Crippen LogP contribution in [0.25, 0.3) is 11.0 Å². The molecule has 0 bridgehead atoms. The van der Waals surface area contributed by atoms with Crippen molar-refractivity contribution in [2.75, 3.05) is 7.11 Å². The van der Waals surface area contributed by atoms with Crippen LogP contribution >= 0.6 is 11.6 Å². The van der Waals surface area contributed by atoms with Crippen molar-refractivity contribution in [1.82, 2.24) is 15.0 Å². The normalized spacial score (nSPS) is 12.2. The van der Waals surface area contributed by atoms with Crippen molar-refractivity contribution in [3.05, 3.63) is 23.2 Å². The predicted molar refractivity (Wildman–Crippen MR) is 63.6 cm³/mol. The highest BCUT2D eigenvalue weighted by molar-refractivity contribution is 6.31. The zero-order valence-corrected chi connectivity index (χ0v) is 10.3. The maximum atomic E-state index is 5.95. The van der Waals surface area contributed by atoms with Gasteiger partial charge in [0.25, 0.3) is 0 Å². The molecule has 0 amide bonds. The summed E-state index contributed by atoms with van der Waals surface area (Å²) in [4.78, 5) is 0. The molecule has 0 saturated heterocycles. The van der Waals surface area contributed by atoms with Gasteiger partial charge in [-0.25, -0.2) is 4.68 Å². The number of methoxy groups -OCH3 is 1. The molecule has 0 aliphatic rings. The number of fused-ring (bicyclic) bond motifs is 1. The molecule has 0 unspecified atom stereocenters. The summed E-state index contributed by atoms with van der Waals surface area (Å²) in [5, 5.41) is 8.86. The van der Waals surface area contributed by atoms with Crippen LogP contribution < -0.4 is 0 Å². The molecule has 1 aromatic heterocycles. The number of halogens is 1. The van der Waals surface area contributed by atoms with E-state index in [9.17, 15) is 0 Å².